The average molecular weight is 293 g/mol. The van der Waals surface area contributed by atoms with Crippen LogP contribution in [0.3, 0.4) is 0 Å². The van der Waals surface area contributed by atoms with Crippen molar-refractivity contribution in [2.24, 2.45) is 0 Å². The Balaban J connectivity index is 2.48. The second-order valence-electron chi connectivity index (χ2n) is 4.00. The van der Waals surface area contributed by atoms with Gasteiger partial charge < -0.3 is 4.74 Å². The van der Waals surface area contributed by atoms with Gasteiger partial charge in [-0.15, -0.1) is 0 Å². The first-order valence-electron chi connectivity index (χ1n) is 5.71. The summed E-state index contributed by atoms with van der Waals surface area (Å²) in [7, 11) is 1.23. The Kier molecular flexibility index (Phi) is 4.15. The fraction of sp³-hybridized carbons (Fsp3) is 0.0667. The minimum Gasteiger partial charge on any atom is -0.465 e. The van der Waals surface area contributed by atoms with Crippen molar-refractivity contribution in [3.63, 3.8) is 0 Å². The van der Waals surface area contributed by atoms with Crippen molar-refractivity contribution in [3.8, 4) is 0 Å². The zero-order chi connectivity index (χ0) is 14.7. The Bertz CT molecular complexity index is 683. The molecule has 0 aliphatic rings. The molecule has 2 rings (SSSR count). The lowest BCUT2D eigenvalue weighted by Crippen LogP contribution is -2.11. The van der Waals surface area contributed by atoms with E-state index in [0.29, 0.717) is 0 Å². The molecule has 0 bridgehead atoms. The Morgan fingerprint density at radius 3 is 2.35 bits per heavy atom. The molecule has 0 N–H and O–H groups in total. The van der Waals surface area contributed by atoms with Gasteiger partial charge in [-0.3, -0.25) is 4.79 Å². The second-order valence-corrected chi connectivity index (χ2v) is 4.40. The maximum absolute atomic E-state index is 13.1. The first-order chi connectivity index (χ1) is 9.54. The molecule has 5 heteroatoms. The molecule has 2 aromatic carbocycles. The Hall–Kier alpha value is -2.20. The minimum absolute atomic E-state index is 0.147. The zero-order valence-electron chi connectivity index (χ0n) is 10.5. The number of hydrogen-bond acceptors (Lipinski definition) is 3. The summed E-state index contributed by atoms with van der Waals surface area (Å²) in [5.74, 6) is -1.64. The predicted molar refractivity (Wildman–Crippen MR) is 72.6 cm³/mol. The van der Waals surface area contributed by atoms with E-state index in [1.165, 1.54) is 31.4 Å². The van der Waals surface area contributed by atoms with Crippen LogP contribution in [0.15, 0.2) is 42.5 Å². The van der Waals surface area contributed by atoms with Gasteiger partial charge >= 0.3 is 5.97 Å². The first kappa shape index (κ1) is 14.2. The van der Waals surface area contributed by atoms with Crippen molar-refractivity contribution in [2.75, 3.05) is 7.11 Å². The molecule has 2 aromatic rings. The maximum atomic E-state index is 13.1. The number of rotatable bonds is 3. The van der Waals surface area contributed by atoms with Crippen molar-refractivity contribution >= 4 is 23.4 Å². The molecule has 102 valence electrons. The molecule has 0 saturated carbocycles. The van der Waals surface area contributed by atoms with E-state index in [0.717, 1.165) is 6.07 Å². The molecule has 0 unspecified atom stereocenters. The molecule has 0 saturated heterocycles. The maximum Gasteiger partial charge on any atom is 0.338 e. The molecule has 0 heterocycles. The number of carbonyl (C=O) groups excluding carboxylic acids is 2. The van der Waals surface area contributed by atoms with E-state index in [-0.39, 0.29) is 21.7 Å². The summed E-state index contributed by atoms with van der Waals surface area (Å²) in [5, 5.41) is -0.147. The van der Waals surface area contributed by atoms with Gasteiger partial charge in [-0.2, -0.15) is 0 Å². The number of benzene rings is 2. The van der Waals surface area contributed by atoms with Gasteiger partial charge in [0.05, 0.1) is 17.7 Å². The SMILES string of the molecule is COC(=O)c1ccccc1C(=O)c1ccc(F)c(Cl)c1. The average Bonchev–Trinajstić information content (AvgIpc) is 2.48. The highest BCUT2D eigenvalue weighted by molar-refractivity contribution is 6.31. The fourth-order valence-corrected chi connectivity index (χ4v) is 1.94. The monoisotopic (exact) mass is 292 g/mol. The lowest BCUT2D eigenvalue weighted by Gasteiger charge is -2.07. The summed E-state index contributed by atoms with van der Waals surface area (Å²) >= 11 is 5.66. The van der Waals surface area contributed by atoms with Crippen LogP contribution in [0.1, 0.15) is 26.3 Å². The van der Waals surface area contributed by atoms with Crippen molar-refractivity contribution in [2.45, 2.75) is 0 Å². The predicted octanol–water partition coefficient (Wildman–Crippen LogP) is 3.50. The van der Waals surface area contributed by atoms with Crippen LogP contribution in [0.25, 0.3) is 0 Å². The molecule has 0 amide bonds. The third-order valence-corrected chi connectivity index (χ3v) is 3.05. The number of ether oxygens (including phenoxy) is 1. The van der Waals surface area contributed by atoms with Gasteiger partial charge in [0.2, 0.25) is 0 Å². The van der Waals surface area contributed by atoms with Crippen LogP contribution in [-0.2, 0) is 4.74 Å². The highest BCUT2D eigenvalue weighted by Crippen LogP contribution is 2.20. The molecule has 0 aliphatic heterocycles. The van der Waals surface area contributed by atoms with Gasteiger partial charge in [0, 0.05) is 11.1 Å². The fourth-order valence-electron chi connectivity index (χ4n) is 1.76. The van der Waals surface area contributed by atoms with E-state index in [9.17, 15) is 14.0 Å². The van der Waals surface area contributed by atoms with Crippen LogP contribution in [0.4, 0.5) is 4.39 Å². The van der Waals surface area contributed by atoms with E-state index in [1.807, 2.05) is 0 Å². The number of ketones is 1. The van der Waals surface area contributed by atoms with E-state index < -0.39 is 17.6 Å². The number of halogens is 2. The Morgan fingerprint density at radius 2 is 1.75 bits per heavy atom. The molecular formula is C15H10ClFO3. The summed E-state index contributed by atoms with van der Waals surface area (Å²) in [6.07, 6.45) is 0. The summed E-state index contributed by atoms with van der Waals surface area (Å²) in [4.78, 5) is 24.0. The third-order valence-electron chi connectivity index (χ3n) is 2.76. The van der Waals surface area contributed by atoms with Gasteiger partial charge in [-0.05, 0) is 24.3 Å². The summed E-state index contributed by atoms with van der Waals surface area (Å²) in [6.45, 7) is 0. The molecule has 3 nitrogen and oxygen atoms in total. The number of carbonyl (C=O) groups is 2. The molecule has 0 atom stereocenters. The molecular weight excluding hydrogens is 283 g/mol. The Morgan fingerprint density at radius 1 is 1.10 bits per heavy atom. The van der Waals surface area contributed by atoms with Gasteiger partial charge in [0.1, 0.15) is 5.82 Å². The smallest absolute Gasteiger partial charge is 0.338 e. The standard InChI is InChI=1S/C15H10ClFO3/c1-20-15(19)11-5-3-2-4-10(11)14(18)9-6-7-13(17)12(16)8-9/h2-8H,1H3. The van der Waals surface area contributed by atoms with E-state index >= 15 is 0 Å². The van der Waals surface area contributed by atoms with E-state index in [1.54, 1.807) is 12.1 Å². The van der Waals surface area contributed by atoms with Crippen molar-refractivity contribution in [1.29, 1.82) is 0 Å². The molecule has 0 fully saturated rings. The van der Waals surface area contributed by atoms with Crippen LogP contribution >= 0.6 is 11.6 Å². The molecule has 0 aliphatic carbocycles. The van der Waals surface area contributed by atoms with Gasteiger partial charge in [-0.25, -0.2) is 9.18 Å². The second kappa shape index (κ2) is 5.84. The molecule has 0 spiro atoms. The molecule has 0 radical (unpaired) electrons. The van der Waals surface area contributed by atoms with E-state index in [2.05, 4.69) is 4.74 Å². The summed E-state index contributed by atoms with van der Waals surface area (Å²) in [6, 6.07) is 9.91. The van der Waals surface area contributed by atoms with Crippen LogP contribution < -0.4 is 0 Å². The summed E-state index contributed by atoms with van der Waals surface area (Å²) in [5.41, 5.74) is 0.537. The zero-order valence-corrected chi connectivity index (χ0v) is 11.3. The van der Waals surface area contributed by atoms with Crippen molar-refractivity contribution < 1.29 is 18.7 Å². The number of hydrogen-bond donors (Lipinski definition) is 0. The van der Waals surface area contributed by atoms with Crippen molar-refractivity contribution in [3.05, 3.63) is 70.0 Å². The van der Waals surface area contributed by atoms with Crippen LogP contribution in [0, 0.1) is 5.82 Å². The lowest BCUT2D eigenvalue weighted by atomic mass is 9.98. The first-order valence-corrected chi connectivity index (χ1v) is 6.09. The van der Waals surface area contributed by atoms with Gasteiger partial charge in [-0.1, -0.05) is 29.8 Å². The van der Waals surface area contributed by atoms with Gasteiger partial charge in [0.15, 0.2) is 5.78 Å². The quantitative estimate of drug-likeness (QED) is 0.642. The normalized spacial score (nSPS) is 10.2. The van der Waals surface area contributed by atoms with E-state index in [4.69, 9.17) is 11.6 Å². The highest BCUT2D eigenvalue weighted by Gasteiger charge is 2.19. The lowest BCUT2D eigenvalue weighted by molar-refractivity contribution is 0.0597. The minimum atomic E-state index is -0.609. The highest BCUT2D eigenvalue weighted by atomic mass is 35.5. The van der Waals surface area contributed by atoms with Crippen LogP contribution in [0.5, 0.6) is 0 Å². The third kappa shape index (κ3) is 2.70. The summed E-state index contributed by atoms with van der Waals surface area (Å²) < 4.78 is 17.7. The van der Waals surface area contributed by atoms with Crippen LogP contribution in [-0.4, -0.2) is 18.9 Å². The molecule has 0 aromatic heterocycles. The Labute approximate surface area is 119 Å². The van der Waals surface area contributed by atoms with Crippen molar-refractivity contribution in [1.82, 2.24) is 0 Å². The number of methoxy groups -OCH3 is 1. The molecule has 20 heavy (non-hydrogen) atoms. The van der Waals surface area contributed by atoms with Crippen LogP contribution in [0.2, 0.25) is 5.02 Å². The number of esters is 1. The topological polar surface area (TPSA) is 43.4 Å². The van der Waals surface area contributed by atoms with Gasteiger partial charge in [0.25, 0.3) is 0 Å². The largest absolute Gasteiger partial charge is 0.465 e.